The minimum Gasteiger partial charge on any atom is -0.377 e. The molecule has 1 aromatic rings. The fraction of sp³-hybridized carbons (Fsp3) is 0.250. The number of benzene rings is 1. The Morgan fingerprint density at radius 3 is 2.69 bits per heavy atom. The van der Waals surface area contributed by atoms with Gasteiger partial charge in [0.1, 0.15) is 5.82 Å². The summed E-state index contributed by atoms with van der Waals surface area (Å²) in [6.07, 6.45) is -2.49. The van der Waals surface area contributed by atoms with Gasteiger partial charge in [-0.25, -0.2) is 13.2 Å². The van der Waals surface area contributed by atoms with Crippen molar-refractivity contribution in [3.05, 3.63) is 28.5 Å². The molecule has 0 bridgehead atoms. The highest BCUT2D eigenvalue weighted by Crippen LogP contribution is 2.19. The lowest BCUT2D eigenvalue weighted by Crippen LogP contribution is -2.11. The van der Waals surface area contributed by atoms with Crippen LogP contribution in [0.1, 0.15) is 0 Å². The lowest BCUT2D eigenvalue weighted by atomic mass is 10.3. The fourth-order valence-corrected chi connectivity index (χ4v) is 1.18. The number of anilines is 1. The van der Waals surface area contributed by atoms with Crippen LogP contribution in [-0.2, 0) is 0 Å². The van der Waals surface area contributed by atoms with Crippen LogP contribution in [0.3, 0.4) is 0 Å². The van der Waals surface area contributed by atoms with Crippen molar-refractivity contribution >= 4 is 21.6 Å². The Labute approximate surface area is 82.1 Å². The highest BCUT2D eigenvalue weighted by molar-refractivity contribution is 9.10. The summed E-state index contributed by atoms with van der Waals surface area (Å²) >= 11 is 3.11. The smallest absolute Gasteiger partial charge is 0.255 e. The van der Waals surface area contributed by atoms with Gasteiger partial charge >= 0.3 is 0 Å². The molecular formula is C8H7BrF3N. The van der Waals surface area contributed by atoms with Crippen LogP contribution in [0.25, 0.3) is 0 Å². The van der Waals surface area contributed by atoms with Gasteiger partial charge in [0.05, 0.1) is 12.2 Å². The van der Waals surface area contributed by atoms with Gasteiger partial charge in [-0.2, -0.15) is 0 Å². The molecule has 0 radical (unpaired) electrons. The molecule has 5 heteroatoms. The molecule has 1 aromatic carbocycles. The van der Waals surface area contributed by atoms with Gasteiger partial charge in [-0.05, 0) is 18.2 Å². The molecule has 1 N–H and O–H groups in total. The van der Waals surface area contributed by atoms with Crippen LogP contribution in [0, 0.1) is 5.82 Å². The molecule has 1 rings (SSSR count). The van der Waals surface area contributed by atoms with Crippen molar-refractivity contribution in [3.8, 4) is 0 Å². The number of rotatable bonds is 3. The van der Waals surface area contributed by atoms with Crippen LogP contribution in [0.15, 0.2) is 22.7 Å². The van der Waals surface area contributed by atoms with E-state index in [2.05, 4.69) is 21.2 Å². The molecule has 0 saturated heterocycles. The topological polar surface area (TPSA) is 12.0 Å². The summed E-state index contributed by atoms with van der Waals surface area (Å²) in [4.78, 5) is 0. The Morgan fingerprint density at radius 1 is 1.38 bits per heavy atom. The van der Waals surface area contributed by atoms with E-state index >= 15 is 0 Å². The van der Waals surface area contributed by atoms with Gasteiger partial charge in [-0.15, -0.1) is 0 Å². The second-order valence-corrected chi connectivity index (χ2v) is 3.31. The van der Waals surface area contributed by atoms with Crippen LogP contribution >= 0.6 is 15.9 Å². The highest BCUT2D eigenvalue weighted by Gasteiger charge is 2.05. The van der Waals surface area contributed by atoms with E-state index < -0.39 is 18.8 Å². The molecule has 0 spiro atoms. The molecule has 0 aliphatic rings. The van der Waals surface area contributed by atoms with E-state index in [4.69, 9.17) is 0 Å². The largest absolute Gasteiger partial charge is 0.377 e. The molecule has 0 atom stereocenters. The van der Waals surface area contributed by atoms with Gasteiger partial charge in [-0.1, -0.05) is 15.9 Å². The molecule has 0 aromatic heterocycles. The Hall–Kier alpha value is -0.710. The minimum absolute atomic E-state index is 0.0784. The third-order valence-electron chi connectivity index (χ3n) is 1.38. The van der Waals surface area contributed by atoms with Crippen molar-refractivity contribution < 1.29 is 13.2 Å². The number of halogens is 4. The second kappa shape index (κ2) is 4.50. The maximum Gasteiger partial charge on any atom is 0.255 e. The third-order valence-corrected chi connectivity index (χ3v) is 1.87. The van der Waals surface area contributed by atoms with Crippen molar-refractivity contribution in [3.63, 3.8) is 0 Å². The molecule has 0 saturated carbocycles. The fourth-order valence-electron chi connectivity index (χ4n) is 0.820. The average Bonchev–Trinajstić information content (AvgIpc) is 2.06. The molecular weight excluding hydrogens is 247 g/mol. The van der Waals surface area contributed by atoms with Gasteiger partial charge in [0.15, 0.2) is 0 Å². The van der Waals surface area contributed by atoms with E-state index in [1.807, 2.05) is 0 Å². The zero-order chi connectivity index (χ0) is 9.84. The Kier molecular flexibility index (Phi) is 3.59. The van der Waals surface area contributed by atoms with Crippen LogP contribution in [0.5, 0.6) is 0 Å². The maximum atomic E-state index is 12.9. The molecule has 0 unspecified atom stereocenters. The first-order valence-electron chi connectivity index (χ1n) is 3.56. The van der Waals surface area contributed by atoms with E-state index in [1.165, 1.54) is 18.2 Å². The van der Waals surface area contributed by atoms with Crippen molar-refractivity contribution in [2.45, 2.75) is 6.43 Å². The van der Waals surface area contributed by atoms with Crippen molar-refractivity contribution in [2.24, 2.45) is 0 Å². The van der Waals surface area contributed by atoms with Gasteiger partial charge in [0.25, 0.3) is 6.43 Å². The summed E-state index contributed by atoms with van der Waals surface area (Å²) in [5.74, 6) is -0.538. The van der Waals surface area contributed by atoms with Gasteiger partial charge < -0.3 is 5.32 Å². The average molecular weight is 254 g/mol. The Morgan fingerprint density at radius 2 is 2.08 bits per heavy atom. The van der Waals surface area contributed by atoms with Gasteiger partial charge in [0.2, 0.25) is 0 Å². The first kappa shape index (κ1) is 10.4. The number of hydrogen-bond acceptors (Lipinski definition) is 1. The van der Waals surface area contributed by atoms with E-state index in [-0.39, 0.29) is 5.69 Å². The van der Waals surface area contributed by atoms with Crippen LogP contribution in [-0.4, -0.2) is 13.0 Å². The summed E-state index contributed by atoms with van der Waals surface area (Å²) in [5.41, 5.74) is 0.0784. The zero-order valence-corrected chi connectivity index (χ0v) is 8.11. The first-order chi connectivity index (χ1) is 6.09. The van der Waals surface area contributed by atoms with Crippen molar-refractivity contribution in [2.75, 3.05) is 11.9 Å². The lowest BCUT2D eigenvalue weighted by Gasteiger charge is -2.06. The zero-order valence-electron chi connectivity index (χ0n) is 6.53. The normalized spacial score (nSPS) is 10.5. The number of alkyl halides is 2. The second-order valence-electron chi connectivity index (χ2n) is 2.40. The molecule has 0 heterocycles. The van der Waals surface area contributed by atoms with Crippen molar-refractivity contribution in [1.29, 1.82) is 0 Å². The number of hydrogen-bond donors (Lipinski definition) is 1. The summed E-state index contributed by atoms with van der Waals surface area (Å²) in [6.45, 7) is -0.548. The molecule has 13 heavy (non-hydrogen) atoms. The predicted molar refractivity (Wildman–Crippen MR) is 48.6 cm³/mol. The molecule has 1 nitrogen and oxygen atoms in total. The molecule has 0 aliphatic carbocycles. The molecule has 0 aliphatic heterocycles. The highest BCUT2D eigenvalue weighted by atomic mass is 79.9. The molecule has 72 valence electrons. The lowest BCUT2D eigenvalue weighted by molar-refractivity contribution is 0.163. The quantitative estimate of drug-likeness (QED) is 0.872. The predicted octanol–water partition coefficient (Wildman–Crippen LogP) is 3.27. The molecule has 0 amide bonds. The summed E-state index contributed by atoms with van der Waals surface area (Å²) in [5, 5.41) is 2.30. The third kappa shape index (κ3) is 3.26. The van der Waals surface area contributed by atoms with Gasteiger partial charge in [0, 0.05) is 4.47 Å². The van der Waals surface area contributed by atoms with Crippen LogP contribution in [0.2, 0.25) is 0 Å². The summed E-state index contributed by atoms with van der Waals surface area (Å²) < 4.78 is 37.0. The van der Waals surface area contributed by atoms with Crippen LogP contribution < -0.4 is 5.32 Å². The van der Waals surface area contributed by atoms with Crippen molar-refractivity contribution in [1.82, 2.24) is 0 Å². The summed E-state index contributed by atoms with van der Waals surface area (Å²) in [6, 6.07) is 4.12. The maximum absolute atomic E-state index is 12.9. The van der Waals surface area contributed by atoms with E-state index in [1.54, 1.807) is 0 Å². The number of nitrogens with one attached hydrogen (secondary N) is 1. The molecule has 0 fully saturated rings. The van der Waals surface area contributed by atoms with E-state index in [0.717, 1.165) is 0 Å². The Balaban J connectivity index is 2.70. The standard InChI is InChI=1S/C8H7BrF3N/c9-5-1-2-6(10)7(3-5)13-4-8(11)12/h1-3,8,13H,4H2. The van der Waals surface area contributed by atoms with E-state index in [0.29, 0.717) is 4.47 Å². The minimum atomic E-state index is -2.49. The Bertz CT molecular complexity index is 291. The summed E-state index contributed by atoms with van der Waals surface area (Å²) in [7, 11) is 0. The first-order valence-corrected chi connectivity index (χ1v) is 4.36. The van der Waals surface area contributed by atoms with Crippen LogP contribution in [0.4, 0.5) is 18.9 Å². The SMILES string of the molecule is Fc1ccc(Br)cc1NCC(F)F. The van der Waals surface area contributed by atoms with Gasteiger partial charge in [-0.3, -0.25) is 0 Å². The monoisotopic (exact) mass is 253 g/mol. The van der Waals surface area contributed by atoms with E-state index in [9.17, 15) is 13.2 Å².